The number of carbonyl (C=O) groups excluding carboxylic acids is 1. The van der Waals surface area contributed by atoms with Crippen molar-refractivity contribution in [1.82, 2.24) is 9.47 Å². The molecule has 33 heavy (non-hydrogen) atoms. The van der Waals surface area contributed by atoms with Gasteiger partial charge in [0.15, 0.2) is 0 Å². The van der Waals surface area contributed by atoms with E-state index in [0.29, 0.717) is 24.2 Å². The molecule has 6 nitrogen and oxygen atoms in total. The van der Waals surface area contributed by atoms with Crippen LogP contribution in [0.5, 0.6) is 0 Å². The molecule has 2 aliphatic rings. The average molecular weight is 448 g/mol. The SMILES string of the molecule is COC(=O)[C@@H]1[C@@H](CO)[C@@H]2Cn3c(ccc(-c4ccc(F)cc4)c3=O)[C@H]1N2Cc1ccccc1. The lowest BCUT2D eigenvalue weighted by atomic mass is 9.87. The maximum Gasteiger partial charge on any atom is 0.311 e. The molecule has 0 radical (unpaired) electrons. The number of ether oxygens (including phenoxy) is 1. The highest BCUT2D eigenvalue weighted by Gasteiger charge is 2.56. The largest absolute Gasteiger partial charge is 0.469 e. The van der Waals surface area contributed by atoms with E-state index in [-0.39, 0.29) is 35.9 Å². The molecule has 1 N–H and O–H groups in total. The van der Waals surface area contributed by atoms with Crippen LogP contribution in [0.25, 0.3) is 11.1 Å². The third kappa shape index (κ3) is 3.57. The van der Waals surface area contributed by atoms with E-state index < -0.39 is 12.0 Å². The zero-order chi connectivity index (χ0) is 23.1. The predicted octanol–water partition coefficient (Wildman–Crippen LogP) is 2.99. The minimum atomic E-state index is -0.585. The topological polar surface area (TPSA) is 71.8 Å². The number of rotatable bonds is 5. The van der Waals surface area contributed by atoms with Gasteiger partial charge in [-0.25, -0.2) is 4.39 Å². The first-order chi connectivity index (χ1) is 16.0. The zero-order valence-corrected chi connectivity index (χ0v) is 18.2. The van der Waals surface area contributed by atoms with Crippen molar-refractivity contribution in [2.24, 2.45) is 11.8 Å². The second-order valence-electron chi connectivity index (χ2n) is 8.66. The highest BCUT2D eigenvalue weighted by molar-refractivity contribution is 5.75. The number of hydrogen-bond acceptors (Lipinski definition) is 5. The molecule has 2 aliphatic heterocycles. The van der Waals surface area contributed by atoms with Crippen LogP contribution in [0, 0.1) is 17.7 Å². The van der Waals surface area contributed by atoms with Gasteiger partial charge < -0.3 is 14.4 Å². The molecule has 2 aromatic carbocycles. The van der Waals surface area contributed by atoms with E-state index in [2.05, 4.69) is 4.90 Å². The molecule has 1 aromatic heterocycles. The van der Waals surface area contributed by atoms with Gasteiger partial charge in [-0.05, 0) is 35.4 Å². The minimum Gasteiger partial charge on any atom is -0.469 e. The summed E-state index contributed by atoms with van der Waals surface area (Å²) in [6, 6.07) is 18.8. The summed E-state index contributed by atoms with van der Waals surface area (Å²) < 4.78 is 20.2. The number of aliphatic hydroxyl groups excluding tert-OH is 1. The van der Waals surface area contributed by atoms with Crippen molar-refractivity contribution >= 4 is 5.97 Å². The molecule has 4 atom stereocenters. The van der Waals surface area contributed by atoms with E-state index in [0.717, 1.165) is 11.3 Å². The van der Waals surface area contributed by atoms with E-state index in [1.54, 1.807) is 22.8 Å². The van der Waals surface area contributed by atoms with Crippen molar-refractivity contribution < 1.29 is 19.0 Å². The normalized spacial score (nSPS) is 23.8. The first-order valence-electron chi connectivity index (χ1n) is 11.0. The van der Waals surface area contributed by atoms with E-state index in [1.165, 1.54) is 19.2 Å². The van der Waals surface area contributed by atoms with Gasteiger partial charge in [-0.1, -0.05) is 42.5 Å². The summed E-state index contributed by atoms with van der Waals surface area (Å²) in [5.74, 6) is -1.69. The van der Waals surface area contributed by atoms with Gasteiger partial charge in [0.25, 0.3) is 5.56 Å². The van der Waals surface area contributed by atoms with Gasteiger partial charge in [-0.2, -0.15) is 0 Å². The molecule has 170 valence electrons. The van der Waals surface area contributed by atoms with Crippen molar-refractivity contribution in [3.63, 3.8) is 0 Å². The molecule has 3 aromatic rings. The smallest absolute Gasteiger partial charge is 0.311 e. The number of fused-ring (bicyclic) bond motifs is 4. The quantitative estimate of drug-likeness (QED) is 0.608. The highest BCUT2D eigenvalue weighted by Crippen LogP contribution is 2.49. The Labute approximate surface area is 190 Å². The van der Waals surface area contributed by atoms with Crippen molar-refractivity contribution in [3.8, 4) is 11.1 Å². The number of aliphatic hydroxyl groups is 1. The number of pyridine rings is 1. The Morgan fingerprint density at radius 3 is 2.48 bits per heavy atom. The number of hydrogen-bond donors (Lipinski definition) is 1. The number of halogens is 1. The van der Waals surface area contributed by atoms with Crippen LogP contribution in [-0.4, -0.2) is 40.3 Å². The van der Waals surface area contributed by atoms with Crippen LogP contribution >= 0.6 is 0 Å². The van der Waals surface area contributed by atoms with Crippen LogP contribution in [0.15, 0.2) is 71.5 Å². The standard InChI is InChI=1S/C26H25FN2O4/c1-33-26(32)23-20(15-30)22-14-29-21(24(23)28(22)13-16-5-3-2-4-6-16)12-11-19(25(29)31)17-7-9-18(27)10-8-17/h2-12,20,22-24,30H,13-15H2,1H3/t20-,22-,23+,24+/m0/s1. The first kappa shape index (κ1) is 21.6. The molecule has 2 bridgehead atoms. The van der Waals surface area contributed by atoms with Crippen LogP contribution in [0.2, 0.25) is 0 Å². The zero-order valence-electron chi connectivity index (χ0n) is 18.2. The monoisotopic (exact) mass is 448 g/mol. The minimum absolute atomic E-state index is 0.181. The van der Waals surface area contributed by atoms with Crippen molar-refractivity contribution in [1.29, 1.82) is 0 Å². The van der Waals surface area contributed by atoms with E-state index >= 15 is 0 Å². The molecule has 5 rings (SSSR count). The lowest BCUT2D eigenvalue weighted by Crippen LogP contribution is -2.46. The third-order valence-corrected chi connectivity index (χ3v) is 7.01. The Balaban J connectivity index is 1.63. The summed E-state index contributed by atoms with van der Waals surface area (Å²) >= 11 is 0. The number of carbonyl (C=O) groups is 1. The van der Waals surface area contributed by atoms with Gasteiger partial charge >= 0.3 is 5.97 Å². The molecule has 1 saturated heterocycles. The van der Waals surface area contributed by atoms with Gasteiger partial charge in [-0.3, -0.25) is 14.5 Å². The van der Waals surface area contributed by atoms with Crippen molar-refractivity contribution in [2.45, 2.75) is 25.2 Å². The number of esters is 1. The number of benzene rings is 2. The molecule has 3 heterocycles. The fourth-order valence-corrected chi connectivity index (χ4v) is 5.49. The van der Waals surface area contributed by atoms with Gasteiger partial charge in [0.1, 0.15) is 5.82 Å². The Morgan fingerprint density at radius 1 is 1.09 bits per heavy atom. The molecular weight excluding hydrogens is 423 g/mol. The van der Waals surface area contributed by atoms with Crippen LogP contribution in [-0.2, 0) is 22.6 Å². The van der Waals surface area contributed by atoms with Gasteiger partial charge in [-0.15, -0.1) is 0 Å². The highest BCUT2D eigenvalue weighted by atomic mass is 19.1. The lowest BCUT2D eigenvalue weighted by Gasteiger charge is -2.38. The molecule has 0 amide bonds. The van der Waals surface area contributed by atoms with Crippen LogP contribution in [0.1, 0.15) is 17.3 Å². The maximum atomic E-state index is 13.5. The predicted molar refractivity (Wildman–Crippen MR) is 121 cm³/mol. The summed E-state index contributed by atoms with van der Waals surface area (Å²) in [7, 11) is 1.35. The number of nitrogens with zero attached hydrogens (tertiary/aromatic N) is 2. The van der Waals surface area contributed by atoms with Crippen LogP contribution in [0.3, 0.4) is 0 Å². The number of methoxy groups -OCH3 is 1. The van der Waals surface area contributed by atoms with Crippen molar-refractivity contribution in [2.75, 3.05) is 13.7 Å². The van der Waals surface area contributed by atoms with E-state index in [1.807, 2.05) is 36.4 Å². The maximum absolute atomic E-state index is 13.5. The lowest BCUT2D eigenvalue weighted by molar-refractivity contribution is -0.148. The fraction of sp³-hybridized carbons (Fsp3) is 0.308. The van der Waals surface area contributed by atoms with Gasteiger partial charge in [0, 0.05) is 42.9 Å². The van der Waals surface area contributed by atoms with Crippen LogP contribution < -0.4 is 5.56 Å². The molecule has 0 aliphatic carbocycles. The summed E-state index contributed by atoms with van der Waals surface area (Å²) in [5, 5.41) is 10.3. The molecular formula is C26H25FN2O4. The molecule has 0 unspecified atom stereocenters. The average Bonchev–Trinajstić information content (AvgIpc) is 3.04. The molecule has 0 spiro atoms. The molecule has 0 saturated carbocycles. The summed E-state index contributed by atoms with van der Waals surface area (Å²) in [6.07, 6.45) is 0. The van der Waals surface area contributed by atoms with Crippen molar-refractivity contribution in [3.05, 3.63) is 94.2 Å². The molecule has 7 heteroatoms. The Hall–Kier alpha value is -3.29. The Morgan fingerprint density at radius 2 is 1.82 bits per heavy atom. The van der Waals surface area contributed by atoms with E-state index in [4.69, 9.17) is 4.74 Å². The van der Waals surface area contributed by atoms with Gasteiger partial charge in [0.2, 0.25) is 0 Å². The summed E-state index contributed by atoms with van der Waals surface area (Å²) in [5.41, 5.74) is 2.75. The molecule has 1 fully saturated rings. The number of aromatic nitrogens is 1. The van der Waals surface area contributed by atoms with Crippen LogP contribution in [0.4, 0.5) is 4.39 Å². The summed E-state index contributed by atoms with van der Waals surface area (Å²) in [6.45, 7) is 0.763. The Kier molecular flexibility index (Phi) is 5.60. The third-order valence-electron chi connectivity index (χ3n) is 7.01. The Bertz CT molecular complexity index is 1230. The van der Waals surface area contributed by atoms with Gasteiger partial charge in [0.05, 0.1) is 19.1 Å². The van der Waals surface area contributed by atoms with E-state index in [9.17, 15) is 19.1 Å². The fourth-order valence-electron chi connectivity index (χ4n) is 5.49. The summed E-state index contributed by atoms with van der Waals surface area (Å²) in [4.78, 5) is 28.6. The second kappa shape index (κ2) is 8.57. The second-order valence-corrected chi connectivity index (χ2v) is 8.66. The first-order valence-corrected chi connectivity index (χ1v) is 11.0.